The van der Waals surface area contributed by atoms with E-state index in [-0.39, 0.29) is 5.37 Å². The summed E-state index contributed by atoms with van der Waals surface area (Å²) in [6.07, 6.45) is 11.0. The molecule has 1 unspecified atom stereocenters. The van der Waals surface area contributed by atoms with Gasteiger partial charge in [0.25, 0.3) is 0 Å². The van der Waals surface area contributed by atoms with Gasteiger partial charge in [0.05, 0.1) is 11.1 Å². The number of benzene rings is 2. The largest absolute Gasteiger partial charge is 0.358 e. The highest BCUT2D eigenvalue weighted by Crippen LogP contribution is 2.46. The molecule has 3 aliphatic rings. The van der Waals surface area contributed by atoms with Gasteiger partial charge in [-0.25, -0.2) is 0 Å². The number of halogens is 1. The quantitative estimate of drug-likeness (QED) is 0.500. The Hall–Kier alpha value is -1.84. The van der Waals surface area contributed by atoms with Crippen LogP contribution in [0.25, 0.3) is 5.57 Å². The van der Waals surface area contributed by atoms with Crippen molar-refractivity contribution in [2.75, 3.05) is 16.8 Å². The molecule has 0 bridgehead atoms. The lowest BCUT2D eigenvalue weighted by Crippen LogP contribution is -2.36. The second-order valence-electron chi connectivity index (χ2n) is 7.86. The summed E-state index contributed by atoms with van der Waals surface area (Å²) in [5.41, 5.74) is 5.08. The third-order valence-corrected chi connectivity index (χ3v) is 7.70. The van der Waals surface area contributed by atoms with Gasteiger partial charge in [0.2, 0.25) is 0 Å². The molecule has 2 aromatic rings. The summed E-state index contributed by atoms with van der Waals surface area (Å²) < 4.78 is 0. The van der Waals surface area contributed by atoms with Gasteiger partial charge in [-0.05, 0) is 48.8 Å². The number of thioether (sulfide) groups is 1. The minimum Gasteiger partial charge on any atom is -0.358 e. The van der Waals surface area contributed by atoms with Gasteiger partial charge < -0.3 is 9.80 Å². The van der Waals surface area contributed by atoms with Crippen molar-refractivity contribution in [2.24, 2.45) is 0 Å². The average Bonchev–Trinajstić information content (AvgIpc) is 3.04. The maximum atomic E-state index is 6.88. The van der Waals surface area contributed by atoms with E-state index in [0.29, 0.717) is 6.04 Å². The van der Waals surface area contributed by atoms with E-state index in [9.17, 15) is 0 Å². The second kappa shape index (κ2) is 7.53. The van der Waals surface area contributed by atoms with Crippen molar-refractivity contribution in [3.05, 3.63) is 71.4 Å². The summed E-state index contributed by atoms with van der Waals surface area (Å²) in [5.74, 6) is 0. The van der Waals surface area contributed by atoms with Gasteiger partial charge in [0.15, 0.2) is 0 Å². The maximum Gasteiger partial charge on any atom is 0.110 e. The first-order valence-electron chi connectivity index (χ1n) is 10.2. The first kappa shape index (κ1) is 18.2. The molecular weight excluding hydrogens is 384 g/mol. The number of rotatable bonds is 2. The van der Waals surface area contributed by atoms with Gasteiger partial charge in [-0.3, -0.25) is 0 Å². The van der Waals surface area contributed by atoms with Gasteiger partial charge in [0.1, 0.15) is 5.16 Å². The summed E-state index contributed by atoms with van der Waals surface area (Å²) in [6.45, 7) is 0. The zero-order valence-electron chi connectivity index (χ0n) is 16.1. The molecule has 0 amide bonds. The van der Waals surface area contributed by atoms with Crippen molar-refractivity contribution in [3.63, 3.8) is 0 Å². The predicted molar refractivity (Wildman–Crippen MR) is 122 cm³/mol. The van der Waals surface area contributed by atoms with Crippen LogP contribution < -0.4 is 9.80 Å². The molecule has 1 atom stereocenters. The number of para-hydroxylation sites is 2. The van der Waals surface area contributed by atoms with E-state index in [1.54, 1.807) is 0 Å². The van der Waals surface area contributed by atoms with Gasteiger partial charge in [-0.2, -0.15) is 0 Å². The van der Waals surface area contributed by atoms with Gasteiger partial charge >= 0.3 is 0 Å². The van der Waals surface area contributed by atoms with Crippen LogP contribution in [0.1, 0.15) is 37.7 Å². The molecule has 28 heavy (non-hydrogen) atoms. The van der Waals surface area contributed by atoms with Crippen LogP contribution in [0.3, 0.4) is 0 Å². The minimum atomic E-state index is 0.280. The molecule has 0 spiro atoms. The van der Waals surface area contributed by atoms with Crippen molar-refractivity contribution in [1.29, 1.82) is 0 Å². The first-order chi connectivity index (χ1) is 13.7. The lowest BCUT2D eigenvalue weighted by atomic mass is 9.91. The molecule has 2 aromatic carbocycles. The topological polar surface area (TPSA) is 6.48 Å². The summed E-state index contributed by atoms with van der Waals surface area (Å²) in [6, 6.07) is 17.9. The highest BCUT2D eigenvalue weighted by Gasteiger charge is 2.31. The molecule has 1 fully saturated rings. The van der Waals surface area contributed by atoms with Crippen LogP contribution in [0.15, 0.2) is 70.7 Å². The Morgan fingerprint density at radius 2 is 1.68 bits per heavy atom. The van der Waals surface area contributed by atoms with Crippen molar-refractivity contribution < 1.29 is 0 Å². The molecule has 2 aliphatic heterocycles. The molecular formula is C24H25ClN2S. The van der Waals surface area contributed by atoms with Crippen molar-refractivity contribution in [1.82, 2.24) is 0 Å². The molecule has 0 aromatic heterocycles. The molecule has 0 N–H and O–H groups in total. The van der Waals surface area contributed by atoms with Crippen LogP contribution in [0.5, 0.6) is 0 Å². The zero-order valence-corrected chi connectivity index (χ0v) is 17.7. The third kappa shape index (κ3) is 3.15. The van der Waals surface area contributed by atoms with Gasteiger partial charge in [0, 0.05) is 29.2 Å². The smallest absolute Gasteiger partial charge is 0.110 e. The van der Waals surface area contributed by atoms with Crippen LogP contribution in [-0.2, 0) is 0 Å². The highest BCUT2D eigenvalue weighted by atomic mass is 35.5. The van der Waals surface area contributed by atoms with Crippen molar-refractivity contribution in [2.45, 2.75) is 48.4 Å². The number of allylic oxidation sites excluding steroid dienone is 2. The van der Waals surface area contributed by atoms with Crippen molar-refractivity contribution in [3.8, 4) is 0 Å². The fourth-order valence-corrected chi connectivity index (χ4v) is 6.24. The number of likely N-dealkylation sites (N-methyl/N-ethyl adjacent to an activating group) is 1. The molecule has 5 rings (SSSR count). The standard InChI is InChI=1S/C24H25ClN2S/c1-26-21-13-7-8-14-22(21)28-24(26)16-17-15-23(25)27(18-9-3-2-4-10-18)20-12-6-5-11-19(17)20/h5-8,11-16,18,24H,2-4,9-10H2,1H3. The summed E-state index contributed by atoms with van der Waals surface area (Å²) in [5, 5.41) is 1.14. The monoisotopic (exact) mass is 408 g/mol. The van der Waals surface area contributed by atoms with E-state index in [0.717, 1.165) is 5.16 Å². The van der Waals surface area contributed by atoms with Crippen LogP contribution in [-0.4, -0.2) is 18.5 Å². The van der Waals surface area contributed by atoms with Crippen molar-refractivity contribution >= 4 is 40.3 Å². The molecule has 0 saturated heterocycles. The average molecular weight is 409 g/mol. The Kier molecular flexibility index (Phi) is 4.90. The lowest BCUT2D eigenvalue weighted by Gasteiger charge is -2.39. The molecule has 4 heteroatoms. The van der Waals surface area contributed by atoms with E-state index in [1.807, 2.05) is 11.8 Å². The molecule has 2 heterocycles. The van der Waals surface area contributed by atoms with E-state index in [2.05, 4.69) is 77.5 Å². The summed E-state index contributed by atoms with van der Waals surface area (Å²) in [7, 11) is 2.18. The van der Waals surface area contributed by atoms with Crippen LogP contribution in [0, 0.1) is 0 Å². The Morgan fingerprint density at radius 3 is 2.46 bits per heavy atom. The minimum absolute atomic E-state index is 0.280. The normalized spacial score (nSPS) is 23.6. The fraction of sp³-hybridized carbons (Fsp3) is 0.333. The van der Waals surface area contributed by atoms with E-state index >= 15 is 0 Å². The molecule has 1 aliphatic carbocycles. The second-order valence-corrected chi connectivity index (χ2v) is 9.40. The first-order valence-corrected chi connectivity index (χ1v) is 11.4. The Labute approximate surface area is 176 Å². The highest BCUT2D eigenvalue weighted by molar-refractivity contribution is 8.00. The predicted octanol–water partition coefficient (Wildman–Crippen LogP) is 6.87. The molecule has 144 valence electrons. The maximum absolute atomic E-state index is 6.88. The van der Waals surface area contributed by atoms with Crippen LogP contribution >= 0.6 is 23.4 Å². The van der Waals surface area contributed by atoms with E-state index in [1.165, 1.54) is 59.5 Å². The zero-order chi connectivity index (χ0) is 19.1. The van der Waals surface area contributed by atoms with E-state index < -0.39 is 0 Å². The lowest BCUT2D eigenvalue weighted by molar-refractivity contribution is 0.432. The van der Waals surface area contributed by atoms with Gasteiger partial charge in [-0.1, -0.05) is 73.0 Å². The number of hydrogen-bond acceptors (Lipinski definition) is 3. The summed E-state index contributed by atoms with van der Waals surface area (Å²) in [4.78, 5) is 6.08. The van der Waals surface area contributed by atoms with Gasteiger partial charge in [-0.15, -0.1) is 0 Å². The van der Waals surface area contributed by atoms with Crippen LogP contribution in [0.2, 0.25) is 0 Å². The Morgan fingerprint density at radius 1 is 0.964 bits per heavy atom. The SMILES string of the molecule is CN1c2ccccc2SC1C=C1C=C(Cl)N(C2CCCCC2)c2ccccc21. The molecule has 2 nitrogen and oxygen atoms in total. The number of nitrogens with zero attached hydrogens (tertiary/aromatic N) is 2. The molecule has 1 saturated carbocycles. The number of hydrogen-bond donors (Lipinski definition) is 0. The van der Waals surface area contributed by atoms with E-state index in [4.69, 9.17) is 11.6 Å². The fourth-order valence-electron chi connectivity index (χ4n) is 4.66. The Bertz CT molecular complexity index is 945. The third-order valence-electron chi connectivity index (χ3n) is 6.12. The molecule has 0 radical (unpaired) electrons. The van der Waals surface area contributed by atoms with Crippen LogP contribution in [0.4, 0.5) is 11.4 Å². The number of anilines is 2. The Balaban J connectivity index is 1.51. The summed E-state index contributed by atoms with van der Waals surface area (Å²) >= 11 is 8.78. The number of fused-ring (bicyclic) bond motifs is 2.